The fourth-order valence-electron chi connectivity index (χ4n) is 3.69. The van der Waals surface area contributed by atoms with Crippen molar-refractivity contribution >= 4 is 14.3 Å². The Hall–Kier alpha value is -1.21. The molecule has 28 heavy (non-hydrogen) atoms. The van der Waals surface area contributed by atoms with E-state index in [9.17, 15) is 4.79 Å². The normalized spacial score (nSPS) is 30.3. The van der Waals surface area contributed by atoms with Crippen LogP contribution in [0.4, 0.5) is 0 Å². The van der Waals surface area contributed by atoms with Crippen LogP contribution in [0.15, 0.2) is 30.3 Å². The molecule has 0 aromatic heterocycles. The zero-order chi connectivity index (χ0) is 20.6. The second kappa shape index (κ2) is 7.90. The second-order valence-corrected chi connectivity index (χ2v) is 14.3. The Kier molecular flexibility index (Phi) is 6.06. The van der Waals surface area contributed by atoms with Gasteiger partial charge < -0.3 is 18.6 Å². The lowest BCUT2D eigenvalue weighted by atomic mass is 9.98. The SMILES string of the molecule is COC(=O)[C@H]1C[C@]12OCC[C@@H](OCc1ccccc1)[C@@H]2O[Si](C)(C)C(C)(C)C. The zero-order valence-corrected chi connectivity index (χ0v) is 19.0. The Bertz CT molecular complexity index is 684. The van der Waals surface area contributed by atoms with Gasteiger partial charge in [-0.05, 0) is 36.5 Å². The molecule has 1 aromatic carbocycles. The van der Waals surface area contributed by atoms with Crippen LogP contribution in [0, 0.1) is 5.92 Å². The molecular weight excluding hydrogens is 372 g/mol. The summed E-state index contributed by atoms with van der Waals surface area (Å²) in [4.78, 5) is 12.3. The molecule has 1 aliphatic carbocycles. The van der Waals surface area contributed by atoms with Crippen LogP contribution in [-0.4, -0.2) is 45.8 Å². The van der Waals surface area contributed by atoms with Crippen LogP contribution < -0.4 is 0 Å². The molecule has 3 rings (SSSR count). The molecule has 1 spiro atoms. The van der Waals surface area contributed by atoms with Gasteiger partial charge in [0.25, 0.3) is 0 Å². The van der Waals surface area contributed by atoms with E-state index in [1.165, 1.54) is 7.11 Å². The number of carbonyl (C=O) groups excluding carboxylic acids is 1. The maximum atomic E-state index is 12.3. The van der Waals surface area contributed by atoms with Gasteiger partial charge in [-0.1, -0.05) is 51.1 Å². The second-order valence-electron chi connectivity index (χ2n) is 9.51. The first-order valence-corrected chi connectivity index (χ1v) is 13.1. The molecule has 1 saturated carbocycles. The van der Waals surface area contributed by atoms with Gasteiger partial charge in [0.15, 0.2) is 8.32 Å². The molecule has 0 N–H and O–H groups in total. The monoisotopic (exact) mass is 406 g/mol. The predicted octanol–water partition coefficient (Wildman–Crippen LogP) is 4.31. The number of ether oxygens (including phenoxy) is 3. The number of benzene rings is 1. The summed E-state index contributed by atoms with van der Waals surface area (Å²) >= 11 is 0. The minimum absolute atomic E-state index is 0.0608. The van der Waals surface area contributed by atoms with Gasteiger partial charge in [0.2, 0.25) is 0 Å². The molecule has 1 aliphatic heterocycles. The minimum Gasteiger partial charge on any atom is -0.469 e. The standard InChI is InChI=1S/C22H34O5Si/c1-21(2,3)28(5,6)27-19-18(25-15-16-10-8-7-9-11-16)12-13-26-22(19)14-17(22)20(23)24-4/h7-11,17-19H,12-15H2,1-6H3/t17-,18-,19+,22+/m1/s1. The Labute approximate surface area is 169 Å². The van der Waals surface area contributed by atoms with Crippen molar-refractivity contribution in [2.75, 3.05) is 13.7 Å². The van der Waals surface area contributed by atoms with Crippen LogP contribution in [0.2, 0.25) is 18.1 Å². The Morgan fingerprint density at radius 2 is 1.93 bits per heavy atom. The van der Waals surface area contributed by atoms with Gasteiger partial charge in [-0.25, -0.2) is 0 Å². The van der Waals surface area contributed by atoms with E-state index in [2.05, 4.69) is 46.0 Å². The first kappa shape index (κ1) is 21.5. The highest BCUT2D eigenvalue weighted by Gasteiger charge is 2.69. The highest BCUT2D eigenvalue weighted by atomic mass is 28.4. The lowest BCUT2D eigenvalue weighted by Crippen LogP contribution is -2.57. The fourth-order valence-corrected chi connectivity index (χ4v) is 5.03. The van der Waals surface area contributed by atoms with E-state index in [0.717, 1.165) is 12.0 Å². The largest absolute Gasteiger partial charge is 0.469 e. The Balaban J connectivity index is 1.82. The molecule has 1 aromatic rings. The summed E-state index contributed by atoms with van der Waals surface area (Å²) in [5.41, 5.74) is 0.525. The third kappa shape index (κ3) is 4.20. The van der Waals surface area contributed by atoms with Crippen LogP contribution in [-0.2, 0) is 30.0 Å². The highest BCUT2D eigenvalue weighted by Crippen LogP contribution is 2.56. The van der Waals surface area contributed by atoms with Gasteiger partial charge in [-0.2, -0.15) is 0 Å². The van der Waals surface area contributed by atoms with E-state index in [1.807, 2.05) is 18.2 Å². The summed E-state index contributed by atoms with van der Waals surface area (Å²) in [5, 5.41) is 0.0608. The number of esters is 1. The van der Waals surface area contributed by atoms with Crippen molar-refractivity contribution in [2.45, 2.75) is 76.2 Å². The first-order chi connectivity index (χ1) is 13.1. The van der Waals surface area contributed by atoms with Gasteiger partial charge in [0.1, 0.15) is 11.7 Å². The lowest BCUT2D eigenvalue weighted by Gasteiger charge is -2.46. The molecule has 5 nitrogen and oxygen atoms in total. The third-order valence-electron chi connectivity index (χ3n) is 6.57. The maximum absolute atomic E-state index is 12.3. The quantitative estimate of drug-likeness (QED) is 0.520. The molecule has 2 aliphatic rings. The van der Waals surface area contributed by atoms with Crippen molar-refractivity contribution in [1.82, 2.24) is 0 Å². The van der Waals surface area contributed by atoms with Gasteiger partial charge in [0.05, 0.1) is 32.3 Å². The van der Waals surface area contributed by atoms with Gasteiger partial charge in [-0.3, -0.25) is 4.79 Å². The molecular formula is C22H34O5Si. The van der Waals surface area contributed by atoms with Crippen LogP contribution in [0.3, 0.4) is 0 Å². The zero-order valence-electron chi connectivity index (χ0n) is 18.0. The van der Waals surface area contributed by atoms with Crippen molar-refractivity contribution in [1.29, 1.82) is 0 Å². The summed E-state index contributed by atoms with van der Waals surface area (Å²) in [7, 11) is -0.643. The Morgan fingerprint density at radius 1 is 1.25 bits per heavy atom. The number of carbonyl (C=O) groups is 1. The van der Waals surface area contributed by atoms with Crippen molar-refractivity contribution in [3.8, 4) is 0 Å². The smallest absolute Gasteiger partial charge is 0.311 e. The fraction of sp³-hybridized carbons (Fsp3) is 0.682. The summed E-state index contributed by atoms with van der Waals surface area (Å²) in [6.45, 7) is 12.2. The van der Waals surface area contributed by atoms with E-state index >= 15 is 0 Å². The summed E-state index contributed by atoms with van der Waals surface area (Å²) < 4.78 is 24.4. The van der Waals surface area contributed by atoms with Crippen molar-refractivity contribution in [3.63, 3.8) is 0 Å². The summed E-state index contributed by atoms with van der Waals surface area (Å²) in [5.74, 6) is -0.483. The molecule has 0 amide bonds. The van der Waals surface area contributed by atoms with Crippen LogP contribution in [0.5, 0.6) is 0 Å². The highest BCUT2D eigenvalue weighted by molar-refractivity contribution is 6.74. The maximum Gasteiger partial charge on any atom is 0.311 e. The number of hydrogen-bond acceptors (Lipinski definition) is 5. The van der Waals surface area contributed by atoms with E-state index in [4.69, 9.17) is 18.6 Å². The molecule has 2 fully saturated rings. The number of hydrogen-bond donors (Lipinski definition) is 0. The number of methoxy groups -OCH3 is 1. The van der Waals surface area contributed by atoms with Crippen molar-refractivity contribution in [3.05, 3.63) is 35.9 Å². The van der Waals surface area contributed by atoms with Gasteiger partial charge in [-0.15, -0.1) is 0 Å². The van der Waals surface area contributed by atoms with E-state index < -0.39 is 13.9 Å². The average Bonchev–Trinajstić information content (AvgIpc) is 3.36. The first-order valence-electron chi connectivity index (χ1n) is 10.2. The number of rotatable bonds is 6. The third-order valence-corrected chi connectivity index (χ3v) is 11.0. The minimum atomic E-state index is -2.08. The summed E-state index contributed by atoms with van der Waals surface area (Å²) in [6.07, 6.45) is 1.05. The van der Waals surface area contributed by atoms with E-state index in [0.29, 0.717) is 19.6 Å². The topological polar surface area (TPSA) is 54.0 Å². The van der Waals surface area contributed by atoms with E-state index in [-0.39, 0.29) is 29.1 Å². The average molecular weight is 407 g/mol. The van der Waals surface area contributed by atoms with Crippen molar-refractivity contribution in [2.24, 2.45) is 5.92 Å². The van der Waals surface area contributed by atoms with Crippen LogP contribution in [0.25, 0.3) is 0 Å². The van der Waals surface area contributed by atoms with Crippen LogP contribution in [0.1, 0.15) is 39.2 Å². The molecule has 0 unspecified atom stereocenters. The lowest BCUT2D eigenvalue weighted by molar-refractivity contribution is -0.177. The predicted molar refractivity (Wildman–Crippen MR) is 111 cm³/mol. The van der Waals surface area contributed by atoms with E-state index in [1.54, 1.807) is 0 Å². The van der Waals surface area contributed by atoms with Gasteiger partial charge in [0, 0.05) is 0 Å². The Morgan fingerprint density at radius 3 is 2.54 bits per heavy atom. The summed E-state index contributed by atoms with van der Waals surface area (Å²) in [6, 6.07) is 10.2. The molecule has 156 valence electrons. The molecule has 1 heterocycles. The molecule has 0 radical (unpaired) electrons. The molecule has 0 bridgehead atoms. The van der Waals surface area contributed by atoms with Crippen molar-refractivity contribution < 1.29 is 23.4 Å². The molecule has 6 heteroatoms. The molecule has 1 saturated heterocycles. The molecule has 4 atom stereocenters. The van der Waals surface area contributed by atoms with Gasteiger partial charge >= 0.3 is 5.97 Å². The van der Waals surface area contributed by atoms with Crippen LogP contribution >= 0.6 is 0 Å².